The molecule has 0 spiro atoms. The largest absolute Gasteiger partial charge is 0.460 e. The molecule has 4 heterocycles. The van der Waals surface area contributed by atoms with Crippen LogP contribution in [-0.2, 0) is 14.9 Å². The number of esters is 1. The van der Waals surface area contributed by atoms with Crippen molar-refractivity contribution in [1.82, 2.24) is 4.90 Å². The summed E-state index contributed by atoms with van der Waals surface area (Å²) >= 11 is 1.71. The molecule has 0 amide bonds. The van der Waals surface area contributed by atoms with Crippen LogP contribution in [0.15, 0.2) is 17.5 Å². The lowest BCUT2D eigenvalue weighted by Crippen LogP contribution is -2.53. The summed E-state index contributed by atoms with van der Waals surface area (Å²) in [6, 6.07) is 4.18. The fourth-order valence-corrected chi connectivity index (χ4v) is 5.35. The Bertz CT molecular complexity index is 505. The molecular weight excluding hydrogens is 318 g/mol. The molecule has 1 saturated carbocycles. The smallest absolute Gasteiger partial charge is 0.317 e. The van der Waals surface area contributed by atoms with Crippen molar-refractivity contribution in [3.63, 3.8) is 0 Å². The molecule has 3 nitrogen and oxygen atoms in total. The number of carbonyl (C=O) groups excluding carboxylic acids is 1. The van der Waals surface area contributed by atoms with Gasteiger partial charge >= 0.3 is 5.97 Å². The molecule has 1 aliphatic carbocycles. The van der Waals surface area contributed by atoms with Gasteiger partial charge in [-0.2, -0.15) is 0 Å². The van der Waals surface area contributed by atoms with E-state index in [4.69, 9.17) is 4.74 Å². The van der Waals surface area contributed by atoms with E-state index in [0.29, 0.717) is 5.92 Å². The fraction of sp³-hybridized carbons (Fsp3) is 0.706. The van der Waals surface area contributed by atoms with Crippen molar-refractivity contribution in [2.45, 2.75) is 50.0 Å². The van der Waals surface area contributed by atoms with E-state index in [-0.39, 0.29) is 29.9 Å². The molecule has 1 atom stereocenters. The van der Waals surface area contributed by atoms with Crippen LogP contribution in [0.4, 0.5) is 0 Å². The number of carbonyl (C=O) groups is 1. The van der Waals surface area contributed by atoms with E-state index in [9.17, 15) is 4.79 Å². The Labute approximate surface area is 142 Å². The van der Waals surface area contributed by atoms with E-state index in [1.807, 2.05) is 0 Å². The minimum atomic E-state index is -0.333. The van der Waals surface area contributed by atoms with Gasteiger partial charge in [-0.25, -0.2) is 0 Å². The lowest BCUT2D eigenvalue weighted by Gasteiger charge is -2.44. The topological polar surface area (TPSA) is 29.5 Å². The lowest BCUT2D eigenvalue weighted by atomic mass is 9.83. The molecule has 0 radical (unpaired) electrons. The highest BCUT2D eigenvalue weighted by Crippen LogP contribution is 2.45. The molecule has 122 valence electrons. The third-order valence-electron chi connectivity index (χ3n) is 5.70. The van der Waals surface area contributed by atoms with E-state index < -0.39 is 0 Å². The van der Waals surface area contributed by atoms with E-state index >= 15 is 0 Å². The predicted molar refractivity (Wildman–Crippen MR) is 90.8 cm³/mol. The average molecular weight is 342 g/mol. The van der Waals surface area contributed by atoms with Gasteiger partial charge in [-0.15, -0.1) is 23.7 Å². The Balaban J connectivity index is 0.00000144. The Morgan fingerprint density at radius 3 is 2.55 bits per heavy atom. The number of fused-ring (bicyclic) bond motifs is 3. The number of rotatable bonds is 3. The van der Waals surface area contributed by atoms with Crippen molar-refractivity contribution < 1.29 is 9.53 Å². The van der Waals surface area contributed by atoms with Gasteiger partial charge in [0.25, 0.3) is 0 Å². The molecule has 5 rings (SSSR count). The number of hydrogen-bond acceptors (Lipinski definition) is 4. The highest BCUT2D eigenvalue weighted by molar-refractivity contribution is 7.10. The Morgan fingerprint density at radius 2 is 2.00 bits per heavy atom. The van der Waals surface area contributed by atoms with Gasteiger partial charge in [-0.1, -0.05) is 18.9 Å². The van der Waals surface area contributed by atoms with Crippen LogP contribution in [0.1, 0.15) is 43.4 Å². The molecular formula is C17H24ClNO2S. The molecule has 1 aromatic heterocycles. The highest BCUT2D eigenvalue weighted by Gasteiger charge is 2.47. The first kappa shape index (κ1) is 16.3. The number of thiophene rings is 1. The summed E-state index contributed by atoms with van der Waals surface area (Å²) in [6.07, 6.45) is 6.76. The molecule has 3 saturated heterocycles. The van der Waals surface area contributed by atoms with Gasteiger partial charge in [-0.05, 0) is 56.1 Å². The minimum Gasteiger partial charge on any atom is -0.460 e. The quantitative estimate of drug-likeness (QED) is 0.786. The van der Waals surface area contributed by atoms with Crippen LogP contribution in [0.2, 0.25) is 0 Å². The van der Waals surface area contributed by atoms with Crippen LogP contribution in [0.5, 0.6) is 0 Å². The normalized spacial score (nSPS) is 32.5. The molecule has 5 heteroatoms. The molecule has 0 N–H and O–H groups in total. The third-order valence-corrected chi connectivity index (χ3v) is 6.77. The van der Waals surface area contributed by atoms with Crippen LogP contribution in [0.3, 0.4) is 0 Å². The maximum atomic E-state index is 13.0. The Kier molecular flexibility index (Phi) is 4.81. The predicted octanol–water partition coefficient (Wildman–Crippen LogP) is 3.62. The number of hydrogen-bond donors (Lipinski definition) is 0. The molecule has 22 heavy (non-hydrogen) atoms. The third kappa shape index (κ3) is 2.70. The van der Waals surface area contributed by atoms with Crippen molar-refractivity contribution in [3.05, 3.63) is 22.4 Å². The standard InChI is InChI=1S/C17H23NO2S.ClH/c19-16(20-14-12-18-9-5-13(14)6-10-18)17(7-1-2-8-17)15-4-3-11-21-15;/h3-4,11,13-14H,1-2,5-10,12H2;1H. The van der Waals surface area contributed by atoms with Gasteiger partial charge < -0.3 is 4.74 Å². The van der Waals surface area contributed by atoms with E-state index in [0.717, 1.165) is 32.2 Å². The highest BCUT2D eigenvalue weighted by atomic mass is 35.5. The lowest BCUT2D eigenvalue weighted by molar-refractivity contribution is -0.165. The van der Waals surface area contributed by atoms with E-state index in [2.05, 4.69) is 22.4 Å². The van der Waals surface area contributed by atoms with Gasteiger partial charge in [0, 0.05) is 11.4 Å². The summed E-state index contributed by atoms with van der Waals surface area (Å²) < 4.78 is 6.06. The fourth-order valence-electron chi connectivity index (χ4n) is 4.38. The molecule has 1 aromatic rings. The summed E-state index contributed by atoms with van der Waals surface area (Å²) in [7, 11) is 0. The average Bonchev–Trinajstić information content (AvgIpc) is 3.20. The van der Waals surface area contributed by atoms with Crippen molar-refractivity contribution >= 4 is 29.7 Å². The van der Waals surface area contributed by atoms with Crippen molar-refractivity contribution in [2.75, 3.05) is 19.6 Å². The molecule has 2 bridgehead atoms. The second-order valence-electron chi connectivity index (χ2n) is 6.85. The van der Waals surface area contributed by atoms with Crippen LogP contribution in [0, 0.1) is 5.92 Å². The van der Waals surface area contributed by atoms with Crippen molar-refractivity contribution in [2.24, 2.45) is 5.92 Å². The van der Waals surface area contributed by atoms with E-state index in [1.165, 1.54) is 30.8 Å². The maximum Gasteiger partial charge on any atom is 0.317 e. The zero-order chi connectivity index (χ0) is 14.3. The minimum absolute atomic E-state index is 0. The number of nitrogens with zero attached hydrogens (tertiary/aromatic N) is 1. The second-order valence-corrected chi connectivity index (χ2v) is 7.80. The second kappa shape index (κ2) is 6.50. The zero-order valence-electron chi connectivity index (χ0n) is 12.8. The first-order valence-corrected chi connectivity index (χ1v) is 9.13. The molecule has 0 aromatic carbocycles. The van der Waals surface area contributed by atoms with Gasteiger partial charge in [0.2, 0.25) is 0 Å². The molecule has 4 aliphatic rings. The number of ether oxygens (including phenoxy) is 1. The molecule has 1 unspecified atom stereocenters. The van der Waals surface area contributed by atoms with Crippen LogP contribution in [0.25, 0.3) is 0 Å². The van der Waals surface area contributed by atoms with Gasteiger partial charge in [0.15, 0.2) is 0 Å². The number of piperidine rings is 3. The Morgan fingerprint density at radius 1 is 1.27 bits per heavy atom. The van der Waals surface area contributed by atoms with Crippen LogP contribution >= 0.6 is 23.7 Å². The first-order chi connectivity index (χ1) is 10.3. The summed E-state index contributed by atoms with van der Waals surface area (Å²) in [4.78, 5) is 16.6. The zero-order valence-corrected chi connectivity index (χ0v) is 14.5. The van der Waals surface area contributed by atoms with Crippen LogP contribution in [-0.4, -0.2) is 36.6 Å². The number of halogens is 1. The summed E-state index contributed by atoms with van der Waals surface area (Å²) in [5.74, 6) is 0.655. The SMILES string of the molecule is Cl.O=C(OC1CN2CCC1CC2)C1(c2cccs2)CCCC1. The monoisotopic (exact) mass is 341 g/mol. The van der Waals surface area contributed by atoms with Gasteiger partial charge in [0.1, 0.15) is 11.5 Å². The van der Waals surface area contributed by atoms with E-state index in [1.54, 1.807) is 11.3 Å². The van der Waals surface area contributed by atoms with Gasteiger partial charge in [0.05, 0.1) is 0 Å². The van der Waals surface area contributed by atoms with Gasteiger partial charge in [-0.3, -0.25) is 9.69 Å². The summed E-state index contributed by atoms with van der Waals surface area (Å²) in [6.45, 7) is 3.33. The van der Waals surface area contributed by atoms with Crippen molar-refractivity contribution in [1.29, 1.82) is 0 Å². The van der Waals surface area contributed by atoms with Crippen LogP contribution < -0.4 is 0 Å². The maximum absolute atomic E-state index is 13.0. The summed E-state index contributed by atoms with van der Waals surface area (Å²) in [5.41, 5.74) is -0.333. The Hall–Kier alpha value is -0.580. The summed E-state index contributed by atoms with van der Waals surface area (Å²) in [5, 5.41) is 2.08. The molecule has 4 fully saturated rings. The first-order valence-electron chi connectivity index (χ1n) is 8.25. The molecule has 3 aliphatic heterocycles. The van der Waals surface area contributed by atoms with Crippen molar-refractivity contribution in [3.8, 4) is 0 Å².